The van der Waals surface area contributed by atoms with E-state index in [9.17, 15) is 0 Å². The molecular formula is C17H25BrN2O. The Balaban J connectivity index is 1.62. The van der Waals surface area contributed by atoms with Gasteiger partial charge in [0.15, 0.2) is 0 Å². The zero-order valence-electron chi connectivity index (χ0n) is 12.8. The fraction of sp³-hybridized carbons (Fsp3) is 0.647. The maximum absolute atomic E-state index is 5.80. The number of piperidine rings is 1. The first kappa shape index (κ1) is 15.3. The molecule has 1 saturated carbocycles. The van der Waals surface area contributed by atoms with Crippen molar-refractivity contribution in [2.75, 3.05) is 24.6 Å². The Labute approximate surface area is 136 Å². The zero-order chi connectivity index (χ0) is 14.7. The second-order valence-electron chi connectivity index (χ2n) is 6.10. The van der Waals surface area contributed by atoms with Crippen LogP contribution in [0.3, 0.4) is 0 Å². The highest BCUT2D eigenvalue weighted by Crippen LogP contribution is 2.28. The third-order valence-electron chi connectivity index (χ3n) is 4.34. The predicted octanol–water partition coefficient (Wildman–Crippen LogP) is 3.71. The van der Waals surface area contributed by atoms with Gasteiger partial charge in [-0.1, -0.05) is 22.0 Å². The number of nitrogens with zero attached hydrogens (tertiary/aromatic N) is 1. The smallest absolute Gasteiger partial charge is 0.0750 e. The summed E-state index contributed by atoms with van der Waals surface area (Å²) in [4.78, 5) is 2.45. The van der Waals surface area contributed by atoms with Crippen molar-refractivity contribution in [1.29, 1.82) is 0 Å². The van der Waals surface area contributed by atoms with Crippen LogP contribution in [-0.4, -0.2) is 31.8 Å². The lowest BCUT2D eigenvalue weighted by Crippen LogP contribution is -2.39. The number of nitrogens with one attached hydrogen (secondary N) is 1. The van der Waals surface area contributed by atoms with E-state index in [1.54, 1.807) is 0 Å². The van der Waals surface area contributed by atoms with Gasteiger partial charge in [-0.15, -0.1) is 0 Å². The normalized spacial score (nSPS) is 22.6. The molecule has 21 heavy (non-hydrogen) atoms. The lowest BCUT2D eigenvalue weighted by atomic mass is 10.1. The van der Waals surface area contributed by atoms with Gasteiger partial charge < -0.3 is 15.0 Å². The third-order valence-corrected chi connectivity index (χ3v) is 5.08. The molecule has 1 atom stereocenters. The van der Waals surface area contributed by atoms with Crippen molar-refractivity contribution in [2.24, 2.45) is 0 Å². The molecule has 0 spiro atoms. The van der Waals surface area contributed by atoms with E-state index in [-0.39, 0.29) is 0 Å². The van der Waals surface area contributed by atoms with Crippen LogP contribution in [0.25, 0.3) is 0 Å². The van der Waals surface area contributed by atoms with Crippen molar-refractivity contribution in [3.05, 3.63) is 28.2 Å². The molecule has 0 radical (unpaired) electrons. The van der Waals surface area contributed by atoms with Crippen molar-refractivity contribution in [2.45, 2.75) is 51.3 Å². The highest BCUT2D eigenvalue weighted by molar-refractivity contribution is 9.10. The van der Waals surface area contributed by atoms with Gasteiger partial charge in [0.05, 0.1) is 6.10 Å². The van der Waals surface area contributed by atoms with E-state index in [1.165, 1.54) is 41.4 Å². The van der Waals surface area contributed by atoms with Gasteiger partial charge in [0.1, 0.15) is 0 Å². The Kier molecular flexibility index (Phi) is 5.19. The maximum atomic E-state index is 5.80. The summed E-state index contributed by atoms with van der Waals surface area (Å²) in [5.41, 5.74) is 2.66. The van der Waals surface area contributed by atoms with Crippen molar-refractivity contribution >= 4 is 21.6 Å². The molecule has 1 heterocycles. The second kappa shape index (κ2) is 7.12. The summed E-state index contributed by atoms with van der Waals surface area (Å²) in [5.74, 6) is 0. The number of benzene rings is 1. The summed E-state index contributed by atoms with van der Waals surface area (Å²) in [6, 6.07) is 7.52. The first-order valence-electron chi connectivity index (χ1n) is 8.14. The van der Waals surface area contributed by atoms with E-state index in [1.807, 2.05) is 0 Å². The van der Waals surface area contributed by atoms with Gasteiger partial charge in [0, 0.05) is 42.4 Å². The Morgan fingerprint density at radius 2 is 2.19 bits per heavy atom. The van der Waals surface area contributed by atoms with Crippen molar-refractivity contribution in [3.8, 4) is 0 Å². The second-order valence-corrected chi connectivity index (χ2v) is 6.95. The fourth-order valence-corrected chi connectivity index (χ4v) is 3.47. The largest absolute Gasteiger partial charge is 0.377 e. The molecule has 1 N–H and O–H groups in total. The summed E-state index contributed by atoms with van der Waals surface area (Å²) in [7, 11) is 0. The maximum Gasteiger partial charge on any atom is 0.0750 e. The number of hydrogen-bond acceptors (Lipinski definition) is 3. The molecule has 0 aromatic heterocycles. The molecule has 4 heteroatoms. The van der Waals surface area contributed by atoms with Gasteiger partial charge in [-0.05, 0) is 50.3 Å². The van der Waals surface area contributed by atoms with Gasteiger partial charge in [-0.3, -0.25) is 0 Å². The topological polar surface area (TPSA) is 24.5 Å². The first-order chi connectivity index (χ1) is 10.3. The van der Waals surface area contributed by atoms with Gasteiger partial charge in [-0.25, -0.2) is 0 Å². The van der Waals surface area contributed by atoms with Gasteiger partial charge in [-0.2, -0.15) is 0 Å². The molecule has 1 aromatic carbocycles. The number of rotatable bonds is 6. The van der Waals surface area contributed by atoms with Gasteiger partial charge in [0.25, 0.3) is 0 Å². The first-order valence-corrected chi connectivity index (χ1v) is 8.94. The SMILES string of the molecule is CCOC1CCCN(c2ccc(CNC3CC3)c(Br)c2)C1. The van der Waals surface area contributed by atoms with Gasteiger partial charge in [0.2, 0.25) is 0 Å². The third kappa shape index (κ3) is 4.21. The van der Waals surface area contributed by atoms with Crippen molar-refractivity contribution in [3.63, 3.8) is 0 Å². The zero-order valence-corrected chi connectivity index (χ0v) is 14.4. The Bertz CT molecular complexity index is 474. The van der Waals surface area contributed by atoms with Crippen LogP contribution in [0.5, 0.6) is 0 Å². The molecule has 1 unspecified atom stereocenters. The summed E-state index contributed by atoms with van der Waals surface area (Å²) < 4.78 is 7.01. The van der Waals surface area contributed by atoms with Crippen molar-refractivity contribution < 1.29 is 4.74 Å². The van der Waals surface area contributed by atoms with Gasteiger partial charge >= 0.3 is 0 Å². The van der Waals surface area contributed by atoms with Crippen LogP contribution in [-0.2, 0) is 11.3 Å². The van der Waals surface area contributed by atoms with E-state index in [2.05, 4.69) is 51.3 Å². The Hall–Kier alpha value is -0.580. The highest BCUT2D eigenvalue weighted by atomic mass is 79.9. The molecule has 1 saturated heterocycles. The number of anilines is 1. The molecular weight excluding hydrogens is 328 g/mol. The molecule has 1 aromatic rings. The molecule has 1 aliphatic carbocycles. The monoisotopic (exact) mass is 352 g/mol. The minimum Gasteiger partial charge on any atom is -0.377 e. The average molecular weight is 353 g/mol. The molecule has 1 aliphatic heterocycles. The average Bonchev–Trinajstić information content (AvgIpc) is 3.31. The highest BCUT2D eigenvalue weighted by Gasteiger charge is 2.22. The van der Waals surface area contributed by atoms with Crippen molar-refractivity contribution in [1.82, 2.24) is 5.32 Å². The lowest BCUT2D eigenvalue weighted by Gasteiger charge is -2.34. The van der Waals surface area contributed by atoms with Crippen LogP contribution in [0.1, 0.15) is 38.2 Å². The predicted molar refractivity (Wildman–Crippen MR) is 90.9 cm³/mol. The molecule has 116 valence electrons. The van der Waals surface area contributed by atoms with E-state index >= 15 is 0 Å². The van der Waals surface area contributed by atoms with Crippen LogP contribution >= 0.6 is 15.9 Å². The van der Waals surface area contributed by atoms with Crippen LogP contribution in [0, 0.1) is 0 Å². The van der Waals surface area contributed by atoms with E-state index in [4.69, 9.17) is 4.74 Å². The Morgan fingerprint density at radius 1 is 1.33 bits per heavy atom. The Morgan fingerprint density at radius 3 is 2.90 bits per heavy atom. The van der Waals surface area contributed by atoms with Crippen LogP contribution in [0.15, 0.2) is 22.7 Å². The molecule has 3 rings (SSSR count). The minimum atomic E-state index is 0.388. The van der Waals surface area contributed by atoms with Crippen LogP contribution in [0.4, 0.5) is 5.69 Å². The summed E-state index contributed by atoms with van der Waals surface area (Å²) in [5, 5.41) is 3.57. The van der Waals surface area contributed by atoms with E-state index in [0.717, 1.165) is 32.3 Å². The molecule has 3 nitrogen and oxygen atoms in total. The number of ether oxygens (including phenoxy) is 1. The van der Waals surface area contributed by atoms with Crippen LogP contribution < -0.4 is 10.2 Å². The summed E-state index contributed by atoms with van der Waals surface area (Å²) in [6.07, 6.45) is 5.46. The molecule has 0 amide bonds. The minimum absolute atomic E-state index is 0.388. The molecule has 2 aliphatic rings. The lowest BCUT2D eigenvalue weighted by molar-refractivity contribution is 0.0527. The molecule has 2 fully saturated rings. The summed E-state index contributed by atoms with van der Waals surface area (Å²) in [6.45, 7) is 6.01. The summed E-state index contributed by atoms with van der Waals surface area (Å²) >= 11 is 3.73. The fourth-order valence-electron chi connectivity index (χ4n) is 2.96. The van der Waals surface area contributed by atoms with Crippen LogP contribution in [0.2, 0.25) is 0 Å². The van der Waals surface area contributed by atoms with E-state index < -0.39 is 0 Å². The number of halogens is 1. The molecule has 0 bridgehead atoms. The quantitative estimate of drug-likeness (QED) is 0.844. The number of hydrogen-bond donors (Lipinski definition) is 1. The standard InChI is InChI=1S/C17H25BrN2O/c1-2-21-16-4-3-9-20(12-16)15-8-5-13(17(18)10-15)11-19-14-6-7-14/h5,8,10,14,16,19H,2-4,6-7,9,11-12H2,1H3. The van der Waals surface area contributed by atoms with E-state index in [0.29, 0.717) is 6.10 Å².